The average molecular weight is 472 g/mol. The minimum absolute atomic E-state index is 0. The van der Waals surface area contributed by atoms with E-state index in [0.29, 0.717) is 5.92 Å². The molecule has 0 aromatic heterocycles. The van der Waals surface area contributed by atoms with Gasteiger partial charge in [0.2, 0.25) is 5.91 Å². The Hall–Kier alpha value is -1.31. The molecule has 1 saturated carbocycles. The van der Waals surface area contributed by atoms with Crippen molar-refractivity contribution in [1.29, 1.82) is 0 Å². The normalized spacial score (nSPS) is 15.4. The van der Waals surface area contributed by atoms with Gasteiger partial charge in [0.1, 0.15) is 0 Å². The van der Waals surface area contributed by atoms with E-state index in [1.54, 1.807) is 7.05 Å². The van der Waals surface area contributed by atoms with E-state index < -0.39 is 0 Å². The van der Waals surface area contributed by atoms with Crippen LogP contribution in [0.25, 0.3) is 0 Å². The van der Waals surface area contributed by atoms with E-state index in [2.05, 4.69) is 59.1 Å². The monoisotopic (exact) mass is 472 g/mol. The number of aliphatic imine (C=N–C) groups is 1. The summed E-state index contributed by atoms with van der Waals surface area (Å²) in [4.78, 5) is 16.0. The number of hydrogen-bond donors (Lipinski definition) is 3. The summed E-state index contributed by atoms with van der Waals surface area (Å²) < 4.78 is 0. The van der Waals surface area contributed by atoms with Crippen molar-refractivity contribution in [3.05, 3.63) is 35.4 Å². The Balaban J connectivity index is 0.00000338. The van der Waals surface area contributed by atoms with Gasteiger partial charge in [-0.05, 0) is 37.7 Å². The standard InChI is InChI=1S/C20H32N4O.HI/c1-15-7-4-10-18(13-15)16(2)14-24-20(21-3)23-12-6-11-22-19(25)17-8-5-9-17;/h4,7,10,13,16-17H,5-6,8-9,11-12,14H2,1-3H3,(H,22,25)(H2,21,23,24);1H. The third-order valence-electron chi connectivity index (χ3n) is 4.83. The third kappa shape index (κ3) is 7.51. The second-order valence-corrected chi connectivity index (χ2v) is 6.97. The summed E-state index contributed by atoms with van der Waals surface area (Å²) in [6.45, 7) is 6.68. The van der Waals surface area contributed by atoms with Gasteiger partial charge in [-0.2, -0.15) is 0 Å². The van der Waals surface area contributed by atoms with Crippen molar-refractivity contribution in [2.75, 3.05) is 26.7 Å². The lowest BCUT2D eigenvalue weighted by molar-refractivity contribution is -0.127. The number of benzene rings is 1. The average Bonchev–Trinajstić information content (AvgIpc) is 2.55. The lowest BCUT2D eigenvalue weighted by Gasteiger charge is -2.24. The topological polar surface area (TPSA) is 65.5 Å². The fraction of sp³-hybridized carbons (Fsp3) is 0.600. The van der Waals surface area contributed by atoms with Crippen LogP contribution >= 0.6 is 24.0 Å². The molecule has 5 nitrogen and oxygen atoms in total. The van der Waals surface area contributed by atoms with E-state index in [4.69, 9.17) is 0 Å². The molecule has 0 spiro atoms. The molecule has 0 radical (unpaired) electrons. The predicted octanol–water partition coefficient (Wildman–Crippen LogP) is 3.19. The molecule has 0 heterocycles. The minimum atomic E-state index is 0. The zero-order valence-corrected chi connectivity index (χ0v) is 18.5. The van der Waals surface area contributed by atoms with E-state index >= 15 is 0 Å². The van der Waals surface area contributed by atoms with Gasteiger partial charge >= 0.3 is 0 Å². The molecule has 3 N–H and O–H groups in total. The molecule has 1 fully saturated rings. The molecule has 26 heavy (non-hydrogen) atoms. The quantitative estimate of drug-likeness (QED) is 0.236. The number of rotatable bonds is 8. The molecule has 0 saturated heterocycles. The number of nitrogens with one attached hydrogen (secondary N) is 3. The fourth-order valence-electron chi connectivity index (χ4n) is 2.89. The number of hydrogen-bond acceptors (Lipinski definition) is 2. The van der Waals surface area contributed by atoms with E-state index in [1.165, 1.54) is 17.5 Å². The fourth-order valence-corrected chi connectivity index (χ4v) is 2.89. The summed E-state index contributed by atoms with van der Waals surface area (Å²) in [5, 5.41) is 9.70. The first-order valence-corrected chi connectivity index (χ1v) is 9.39. The molecular weight excluding hydrogens is 439 g/mol. The van der Waals surface area contributed by atoms with Crippen LogP contribution in [0.5, 0.6) is 0 Å². The highest BCUT2D eigenvalue weighted by Gasteiger charge is 2.24. The van der Waals surface area contributed by atoms with Crippen molar-refractivity contribution in [1.82, 2.24) is 16.0 Å². The molecule has 1 amide bonds. The molecule has 1 aromatic carbocycles. The zero-order chi connectivity index (χ0) is 18.1. The molecule has 1 aliphatic rings. The second-order valence-electron chi connectivity index (χ2n) is 6.97. The highest BCUT2D eigenvalue weighted by Crippen LogP contribution is 2.26. The Morgan fingerprint density at radius 1 is 1.23 bits per heavy atom. The number of carbonyl (C=O) groups excluding carboxylic acids is 1. The lowest BCUT2D eigenvalue weighted by Crippen LogP contribution is -2.41. The van der Waals surface area contributed by atoms with Gasteiger partial charge in [-0.15, -0.1) is 24.0 Å². The Morgan fingerprint density at radius 3 is 2.58 bits per heavy atom. The van der Waals surface area contributed by atoms with Gasteiger partial charge in [0.25, 0.3) is 0 Å². The Labute approximate surface area is 174 Å². The van der Waals surface area contributed by atoms with Crippen LogP contribution in [0, 0.1) is 12.8 Å². The maximum atomic E-state index is 11.7. The van der Waals surface area contributed by atoms with Crippen LogP contribution in [0.2, 0.25) is 0 Å². The number of aryl methyl sites for hydroxylation is 1. The maximum Gasteiger partial charge on any atom is 0.223 e. The molecule has 1 atom stereocenters. The minimum Gasteiger partial charge on any atom is -0.356 e. The highest BCUT2D eigenvalue weighted by molar-refractivity contribution is 14.0. The summed E-state index contributed by atoms with van der Waals surface area (Å²) in [5.74, 6) is 1.72. The van der Waals surface area contributed by atoms with Gasteiger partial charge in [0.05, 0.1) is 0 Å². The summed E-state index contributed by atoms with van der Waals surface area (Å²) in [5.41, 5.74) is 2.62. The van der Waals surface area contributed by atoms with Crippen molar-refractivity contribution in [2.24, 2.45) is 10.9 Å². The van der Waals surface area contributed by atoms with Gasteiger partial charge in [-0.25, -0.2) is 0 Å². The summed E-state index contributed by atoms with van der Waals surface area (Å²) in [6.07, 6.45) is 4.20. The van der Waals surface area contributed by atoms with Crippen LogP contribution in [0.15, 0.2) is 29.3 Å². The number of carbonyl (C=O) groups is 1. The number of halogens is 1. The summed E-state index contributed by atoms with van der Waals surface area (Å²) in [7, 11) is 1.78. The van der Waals surface area contributed by atoms with Crippen molar-refractivity contribution >= 4 is 35.8 Å². The maximum absolute atomic E-state index is 11.7. The van der Waals surface area contributed by atoms with E-state index in [1.807, 2.05) is 0 Å². The van der Waals surface area contributed by atoms with Gasteiger partial charge in [0.15, 0.2) is 5.96 Å². The summed E-state index contributed by atoms with van der Waals surface area (Å²) in [6, 6.07) is 8.62. The van der Waals surface area contributed by atoms with Crippen LogP contribution in [0.4, 0.5) is 0 Å². The zero-order valence-electron chi connectivity index (χ0n) is 16.2. The van der Waals surface area contributed by atoms with Crippen molar-refractivity contribution in [3.63, 3.8) is 0 Å². The Kier molecular flexibility index (Phi) is 10.6. The van der Waals surface area contributed by atoms with Gasteiger partial charge < -0.3 is 16.0 Å². The third-order valence-corrected chi connectivity index (χ3v) is 4.83. The highest BCUT2D eigenvalue weighted by atomic mass is 127. The lowest BCUT2D eigenvalue weighted by atomic mass is 9.85. The van der Waals surface area contributed by atoms with E-state index in [-0.39, 0.29) is 35.8 Å². The van der Waals surface area contributed by atoms with Crippen LogP contribution in [0.3, 0.4) is 0 Å². The first kappa shape index (κ1) is 22.7. The Morgan fingerprint density at radius 2 is 1.96 bits per heavy atom. The molecule has 0 aliphatic heterocycles. The van der Waals surface area contributed by atoms with Gasteiger partial charge in [0, 0.05) is 32.6 Å². The van der Waals surface area contributed by atoms with Crippen LogP contribution in [-0.4, -0.2) is 38.5 Å². The number of guanidine groups is 1. The molecule has 1 aliphatic carbocycles. The molecule has 146 valence electrons. The van der Waals surface area contributed by atoms with Crippen molar-refractivity contribution < 1.29 is 4.79 Å². The predicted molar refractivity (Wildman–Crippen MR) is 119 cm³/mol. The van der Waals surface area contributed by atoms with E-state index in [9.17, 15) is 4.79 Å². The van der Waals surface area contributed by atoms with Gasteiger partial charge in [-0.3, -0.25) is 9.79 Å². The molecule has 0 bridgehead atoms. The van der Waals surface area contributed by atoms with Crippen LogP contribution in [-0.2, 0) is 4.79 Å². The SMILES string of the molecule is CN=C(NCCCNC(=O)C1CCC1)NCC(C)c1cccc(C)c1.I. The number of amides is 1. The van der Waals surface area contributed by atoms with E-state index in [0.717, 1.165) is 44.9 Å². The largest absolute Gasteiger partial charge is 0.356 e. The molecule has 1 aromatic rings. The first-order chi connectivity index (χ1) is 12.1. The van der Waals surface area contributed by atoms with Crippen LogP contribution in [0.1, 0.15) is 49.7 Å². The smallest absolute Gasteiger partial charge is 0.223 e. The second kappa shape index (κ2) is 12.1. The number of nitrogens with zero attached hydrogens (tertiary/aromatic N) is 1. The van der Waals surface area contributed by atoms with Crippen LogP contribution < -0.4 is 16.0 Å². The molecular formula is C20H33IN4O. The van der Waals surface area contributed by atoms with Crippen molar-refractivity contribution in [3.8, 4) is 0 Å². The molecule has 6 heteroatoms. The molecule has 2 rings (SSSR count). The summed E-state index contributed by atoms with van der Waals surface area (Å²) >= 11 is 0. The molecule has 1 unspecified atom stereocenters. The van der Waals surface area contributed by atoms with Gasteiger partial charge in [-0.1, -0.05) is 43.2 Å². The Bertz CT molecular complexity index is 587. The van der Waals surface area contributed by atoms with Crippen molar-refractivity contribution in [2.45, 2.75) is 45.4 Å². The first-order valence-electron chi connectivity index (χ1n) is 9.39.